The van der Waals surface area contributed by atoms with Crippen LogP contribution in [-0.4, -0.2) is 17.0 Å². The van der Waals surface area contributed by atoms with Crippen molar-refractivity contribution in [1.82, 2.24) is 0 Å². The molecule has 0 saturated carbocycles. The molecule has 5 nitrogen and oxygen atoms in total. The van der Waals surface area contributed by atoms with Gasteiger partial charge in [0, 0.05) is 18.0 Å². The molecule has 0 aromatic carbocycles. The number of unbranched alkanes of at least 4 members (excludes halogenated alkanes) is 6. The first-order chi connectivity index (χ1) is 7.66. The summed E-state index contributed by atoms with van der Waals surface area (Å²) in [5.41, 5.74) is 0. The maximum atomic E-state index is 10.5. The third kappa shape index (κ3) is 10.8. The van der Waals surface area contributed by atoms with Gasteiger partial charge in [0.15, 0.2) is 0 Å². The molecule has 1 N–H and O–H groups in total. The molecule has 0 heterocycles. The molecule has 1 amide bonds. The number of hydrogen-bond acceptors (Lipinski definition) is 3. The van der Waals surface area contributed by atoms with E-state index in [1.54, 1.807) is 0 Å². The molecule has 0 unspecified atom stereocenters. The fraction of sp³-hybridized carbons (Fsp3) is 0.818. The fourth-order valence-corrected chi connectivity index (χ4v) is 1.48. The Labute approximate surface area is 95.2 Å². The van der Waals surface area contributed by atoms with E-state index in [1.165, 1.54) is 0 Å². The molecule has 0 aliphatic heterocycles. The highest BCUT2D eigenvalue weighted by atomic mass is 16.4. The van der Waals surface area contributed by atoms with Crippen molar-refractivity contribution in [3.05, 3.63) is 4.91 Å². The highest BCUT2D eigenvalue weighted by molar-refractivity contribution is 5.76. The van der Waals surface area contributed by atoms with Crippen LogP contribution in [0.2, 0.25) is 0 Å². The molecule has 0 atom stereocenters. The van der Waals surface area contributed by atoms with Gasteiger partial charge in [-0.15, -0.1) is 4.91 Å². The van der Waals surface area contributed by atoms with Crippen molar-refractivity contribution >= 4 is 11.9 Å². The summed E-state index contributed by atoms with van der Waals surface area (Å²) >= 11 is 0. The molecule has 5 heteroatoms. The first-order valence-corrected chi connectivity index (χ1v) is 5.75. The van der Waals surface area contributed by atoms with Gasteiger partial charge in [-0.1, -0.05) is 32.1 Å². The largest absolute Gasteiger partial charge is 0.481 e. The zero-order chi connectivity index (χ0) is 12.2. The van der Waals surface area contributed by atoms with Crippen LogP contribution in [0.25, 0.3) is 0 Å². The fourth-order valence-electron chi connectivity index (χ4n) is 1.48. The van der Waals surface area contributed by atoms with Crippen molar-refractivity contribution in [1.29, 1.82) is 0 Å². The van der Waals surface area contributed by atoms with Crippen molar-refractivity contribution in [3.63, 3.8) is 0 Å². The molecule has 92 valence electrons. The summed E-state index contributed by atoms with van der Waals surface area (Å²) < 4.78 is 0. The van der Waals surface area contributed by atoms with Crippen LogP contribution in [0, 0.1) is 4.91 Å². The maximum Gasteiger partial charge on any atom is 0.303 e. The second-order valence-corrected chi connectivity index (χ2v) is 3.85. The van der Waals surface area contributed by atoms with Gasteiger partial charge in [-0.25, -0.2) is 0 Å². The average molecular weight is 229 g/mol. The number of rotatable bonds is 10. The van der Waals surface area contributed by atoms with Gasteiger partial charge in [-0.2, -0.15) is 0 Å². The number of carbonyl (C=O) groups excluding carboxylic acids is 1. The number of hydrogen-bond donors (Lipinski definition) is 1. The molecule has 0 aromatic rings. The topological polar surface area (TPSA) is 83.8 Å². The molecule has 0 radical (unpaired) electrons. The lowest BCUT2D eigenvalue weighted by molar-refractivity contribution is -0.137. The van der Waals surface area contributed by atoms with Crippen LogP contribution >= 0.6 is 0 Å². The quantitative estimate of drug-likeness (QED) is 0.461. The smallest absolute Gasteiger partial charge is 0.303 e. The molecule has 0 aliphatic rings. The van der Waals surface area contributed by atoms with E-state index in [4.69, 9.17) is 5.11 Å². The number of nitrogens with zero attached hydrogens (tertiary/aromatic N) is 1. The molecule has 0 rings (SSSR count). The van der Waals surface area contributed by atoms with Crippen molar-refractivity contribution in [3.8, 4) is 0 Å². The number of carboxylic acids is 1. The lowest BCUT2D eigenvalue weighted by atomic mass is 10.1. The van der Waals surface area contributed by atoms with Crippen molar-refractivity contribution in [2.45, 2.75) is 57.8 Å². The van der Waals surface area contributed by atoms with Crippen molar-refractivity contribution < 1.29 is 14.7 Å². The minimum atomic E-state index is -0.736. The lowest BCUT2D eigenvalue weighted by Crippen LogP contribution is -1.93. The summed E-state index contributed by atoms with van der Waals surface area (Å²) in [7, 11) is 0. The van der Waals surface area contributed by atoms with Crippen LogP contribution in [0.5, 0.6) is 0 Å². The Morgan fingerprint density at radius 3 is 1.69 bits per heavy atom. The van der Waals surface area contributed by atoms with Crippen LogP contribution in [0.4, 0.5) is 0 Å². The number of amides is 1. The maximum absolute atomic E-state index is 10.5. The summed E-state index contributed by atoms with van der Waals surface area (Å²) in [6.45, 7) is 0. The molecule has 0 aromatic heterocycles. The summed E-state index contributed by atoms with van der Waals surface area (Å²) in [5, 5.41) is 10.7. The average Bonchev–Trinajstić information content (AvgIpc) is 2.26. The summed E-state index contributed by atoms with van der Waals surface area (Å²) in [6, 6.07) is 0. The van der Waals surface area contributed by atoms with Crippen LogP contribution < -0.4 is 0 Å². The molecular weight excluding hydrogens is 210 g/mol. The Hall–Kier alpha value is -1.26. The molecular formula is C11H19NO4. The predicted molar refractivity (Wildman–Crippen MR) is 60.0 cm³/mol. The second kappa shape index (κ2) is 10.3. The van der Waals surface area contributed by atoms with Gasteiger partial charge < -0.3 is 5.11 Å². The van der Waals surface area contributed by atoms with E-state index in [0.717, 1.165) is 44.9 Å². The van der Waals surface area contributed by atoms with E-state index < -0.39 is 11.9 Å². The summed E-state index contributed by atoms with van der Waals surface area (Å²) in [5.74, 6) is -1.30. The number of nitroso groups, excluding NO2 is 1. The molecule has 0 fully saturated rings. The van der Waals surface area contributed by atoms with Crippen molar-refractivity contribution in [2.75, 3.05) is 0 Å². The van der Waals surface area contributed by atoms with E-state index in [-0.39, 0.29) is 12.8 Å². The molecule has 0 spiro atoms. The van der Waals surface area contributed by atoms with Crippen LogP contribution in [-0.2, 0) is 9.59 Å². The Bertz CT molecular complexity index is 228. The van der Waals surface area contributed by atoms with Crippen molar-refractivity contribution in [2.24, 2.45) is 5.18 Å². The highest BCUT2D eigenvalue weighted by Crippen LogP contribution is 2.09. The van der Waals surface area contributed by atoms with Gasteiger partial charge in [0.2, 0.25) is 0 Å². The standard InChI is InChI=1S/C11H19NO4/c13-10(12-16)8-6-4-2-1-3-5-7-9-11(14)15/h1-9H2,(H,14,15). The van der Waals surface area contributed by atoms with Gasteiger partial charge in [0.05, 0.1) is 0 Å². The Morgan fingerprint density at radius 2 is 1.25 bits per heavy atom. The summed E-state index contributed by atoms with van der Waals surface area (Å²) in [4.78, 5) is 30.5. The molecule has 0 bridgehead atoms. The third-order valence-corrected chi connectivity index (χ3v) is 2.38. The Balaban J connectivity index is 3.07. The van der Waals surface area contributed by atoms with Crippen LogP contribution in [0.1, 0.15) is 57.8 Å². The highest BCUT2D eigenvalue weighted by Gasteiger charge is 2.00. The molecule has 16 heavy (non-hydrogen) atoms. The molecule has 0 aliphatic carbocycles. The number of carbonyl (C=O) groups is 2. The monoisotopic (exact) mass is 229 g/mol. The third-order valence-electron chi connectivity index (χ3n) is 2.38. The van der Waals surface area contributed by atoms with Crippen LogP contribution in [0.15, 0.2) is 5.18 Å². The minimum absolute atomic E-state index is 0.250. The van der Waals surface area contributed by atoms with E-state index in [2.05, 4.69) is 5.18 Å². The first kappa shape index (κ1) is 14.7. The van der Waals surface area contributed by atoms with E-state index in [0.29, 0.717) is 0 Å². The number of carboxylic acid groups (broad SMARTS) is 1. The van der Waals surface area contributed by atoms with Gasteiger partial charge >= 0.3 is 5.97 Å². The second-order valence-electron chi connectivity index (χ2n) is 3.85. The first-order valence-electron chi connectivity index (χ1n) is 5.75. The minimum Gasteiger partial charge on any atom is -0.481 e. The van der Waals surface area contributed by atoms with Gasteiger partial charge in [0.1, 0.15) is 0 Å². The Kier molecular flexibility index (Phi) is 9.46. The van der Waals surface area contributed by atoms with E-state index >= 15 is 0 Å². The van der Waals surface area contributed by atoms with Gasteiger partial charge in [-0.05, 0) is 12.8 Å². The van der Waals surface area contributed by atoms with E-state index in [1.807, 2.05) is 0 Å². The van der Waals surface area contributed by atoms with Crippen LogP contribution in [0.3, 0.4) is 0 Å². The summed E-state index contributed by atoms with van der Waals surface area (Å²) in [6.07, 6.45) is 6.96. The zero-order valence-corrected chi connectivity index (χ0v) is 9.48. The normalized spacial score (nSPS) is 10.0. The van der Waals surface area contributed by atoms with Gasteiger partial charge in [-0.3, -0.25) is 9.59 Å². The lowest BCUT2D eigenvalue weighted by Gasteiger charge is -1.99. The predicted octanol–water partition coefficient (Wildman–Crippen LogP) is 2.87. The van der Waals surface area contributed by atoms with E-state index in [9.17, 15) is 14.5 Å². The Morgan fingerprint density at radius 1 is 0.812 bits per heavy atom. The van der Waals surface area contributed by atoms with Gasteiger partial charge in [0.25, 0.3) is 5.91 Å². The zero-order valence-electron chi connectivity index (χ0n) is 9.48. The molecule has 0 saturated heterocycles. The SMILES string of the molecule is O=NC(=O)CCCCCCCCCC(=O)O. The number of aliphatic carboxylic acids is 1.